The minimum absolute atomic E-state index is 0.457. The van der Waals surface area contributed by atoms with Gasteiger partial charge in [0.25, 0.3) is 0 Å². The largest absolute Gasteiger partial charge is 0.309 e. The highest BCUT2D eigenvalue weighted by Crippen LogP contribution is 2.46. The molecule has 0 saturated carbocycles. The predicted octanol–water partition coefficient (Wildman–Crippen LogP) is 20.6. The molecule has 376 valence electrons. The fourth-order valence-corrected chi connectivity index (χ4v) is 8.55. The smallest absolute Gasteiger partial charge is 0.140 e. The summed E-state index contributed by atoms with van der Waals surface area (Å²) in [5.41, 5.74) is 19.5. The van der Waals surface area contributed by atoms with Crippen LogP contribution in [0, 0.1) is 55.4 Å². The van der Waals surface area contributed by atoms with Crippen molar-refractivity contribution in [1.29, 1.82) is 0 Å². The number of fused-ring (bicyclic) bond motifs is 1. The van der Waals surface area contributed by atoms with Crippen molar-refractivity contribution in [3.63, 3.8) is 0 Å². The first kappa shape index (κ1) is 55.3. The van der Waals surface area contributed by atoms with Crippen LogP contribution in [0.2, 0.25) is 0 Å². The minimum atomic E-state index is 0.457. The maximum absolute atomic E-state index is 5.38. The fourth-order valence-electron chi connectivity index (χ4n) is 8.55. The standard InChI is InChI=1S/C43H45N3.4C7H8/c1-28(2)34-21-23-40(32(7)25-34)45(38-19-13-9-15-30(38)5)42-27-43(44-37-18-12-11-17-36(37)42)46(39-20-14-10-16-31(39)6)41-24-22-35(29(3)4)26-33(41)8;4*1-7-5-3-2-4-6-7/h9-29H,1-8H3;4*2-6H,1H3. The number of hydrogen-bond acceptors (Lipinski definition) is 3. The first-order valence-corrected chi connectivity index (χ1v) is 26.1. The summed E-state index contributed by atoms with van der Waals surface area (Å²) in [6.07, 6.45) is 0. The molecular formula is C71H77N3. The van der Waals surface area contributed by atoms with Gasteiger partial charge in [0.05, 0.1) is 22.6 Å². The van der Waals surface area contributed by atoms with E-state index in [0.29, 0.717) is 11.8 Å². The number of para-hydroxylation sites is 3. The van der Waals surface area contributed by atoms with Gasteiger partial charge in [-0.15, -0.1) is 0 Å². The second-order valence-electron chi connectivity index (χ2n) is 19.8. The van der Waals surface area contributed by atoms with E-state index in [4.69, 9.17) is 4.98 Å². The number of aryl methyl sites for hydroxylation is 8. The van der Waals surface area contributed by atoms with Crippen molar-refractivity contribution in [2.24, 2.45) is 0 Å². The summed E-state index contributed by atoms with van der Waals surface area (Å²) < 4.78 is 0. The molecule has 0 aliphatic carbocycles. The number of pyridine rings is 1. The minimum Gasteiger partial charge on any atom is -0.309 e. The zero-order chi connectivity index (χ0) is 53.0. The van der Waals surface area contributed by atoms with E-state index in [1.807, 2.05) is 72.8 Å². The Morgan fingerprint density at radius 1 is 0.284 bits per heavy atom. The average molecular weight is 972 g/mol. The van der Waals surface area contributed by atoms with E-state index < -0.39 is 0 Å². The van der Waals surface area contributed by atoms with Crippen LogP contribution < -0.4 is 9.80 Å². The number of hydrogen-bond donors (Lipinski definition) is 0. The number of aromatic nitrogens is 1. The number of benzene rings is 9. The van der Waals surface area contributed by atoms with Crippen molar-refractivity contribution in [2.75, 3.05) is 9.80 Å². The molecular weight excluding hydrogens is 895 g/mol. The van der Waals surface area contributed by atoms with E-state index in [0.717, 1.165) is 39.5 Å². The predicted molar refractivity (Wildman–Crippen MR) is 323 cm³/mol. The third-order valence-electron chi connectivity index (χ3n) is 12.9. The van der Waals surface area contributed by atoms with Gasteiger partial charge in [0, 0.05) is 22.8 Å². The molecule has 0 unspecified atom stereocenters. The monoisotopic (exact) mass is 972 g/mol. The number of rotatable bonds is 8. The third-order valence-corrected chi connectivity index (χ3v) is 12.9. The molecule has 0 atom stereocenters. The zero-order valence-corrected chi connectivity index (χ0v) is 46.0. The van der Waals surface area contributed by atoms with Crippen molar-refractivity contribution in [3.05, 3.63) is 292 Å². The second kappa shape index (κ2) is 27.7. The van der Waals surface area contributed by atoms with Crippen LogP contribution in [0.4, 0.5) is 34.3 Å². The SMILES string of the molecule is Cc1ccccc1.Cc1ccccc1.Cc1ccccc1.Cc1ccccc1.Cc1ccccc1N(c1cc(N(c2ccccc2C)c2ccc(C(C)C)cc2C)c2ccccc2n1)c1ccc(C(C)C)cc1C. The molecule has 10 rings (SSSR count). The number of anilines is 6. The Morgan fingerprint density at radius 2 is 0.608 bits per heavy atom. The van der Waals surface area contributed by atoms with Crippen LogP contribution in [0.1, 0.15) is 95.2 Å². The lowest BCUT2D eigenvalue weighted by atomic mass is 9.98. The van der Waals surface area contributed by atoms with Gasteiger partial charge in [-0.3, -0.25) is 4.90 Å². The van der Waals surface area contributed by atoms with Crippen LogP contribution in [0.3, 0.4) is 0 Å². The number of nitrogens with zero attached hydrogens (tertiary/aromatic N) is 3. The summed E-state index contributed by atoms with van der Waals surface area (Å²) in [4.78, 5) is 10.2. The van der Waals surface area contributed by atoms with Gasteiger partial charge in [-0.25, -0.2) is 4.98 Å². The summed E-state index contributed by atoms with van der Waals surface area (Å²) >= 11 is 0. The normalized spacial score (nSPS) is 10.4. The van der Waals surface area contributed by atoms with Crippen LogP contribution in [0.5, 0.6) is 0 Å². The summed E-state index contributed by atoms with van der Waals surface area (Å²) in [5.74, 6) is 1.80. The molecule has 1 aromatic heterocycles. The van der Waals surface area contributed by atoms with Crippen molar-refractivity contribution < 1.29 is 0 Å². The Bertz CT molecular complexity index is 3100. The highest BCUT2D eigenvalue weighted by molar-refractivity contribution is 6.00. The Hall–Kier alpha value is -8.01. The molecule has 3 heteroatoms. The molecule has 0 N–H and O–H groups in total. The van der Waals surface area contributed by atoms with E-state index in [1.54, 1.807) is 0 Å². The molecule has 0 aliphatic rings. The summed E-state index contributed by atoms with van der Waals surface area (Å²) in [6, 6.07) is 82.9. The van der Waals surface area contributed by atoms with Crippen LogP contribution in [-0.4, -0.2) is 4.98 Å². The molecule has 0 bridgehead atoms. The van der Waals surface area contributed by atoms with Crippen LogP contribution >= 0.6 is 0 Å². The lowest BCUT2D eigenvalue weighted by molar-refractivity contribution is 0.864. The molecule has 74 heavy (non-hydrogen) atoms. The Labute approximate surface area is 444 Å². The first-order chi connectivity index (χ1) is 35.7. The molecule has 1 heterocycles. The van der Waals surface area contributed by atoms with Crippen LogP contribution in [0.15, 0.2) is 237 Å². The Morgan fingerprint density at radius 3 is 0.959 bits per heavy atom. The lowest BCUT2D eigenvalue weighted by Crippen LogP contribution is -2.17. The fraction of sp³-hybridized carbons (Fsp3) is 0.197. The van der Waals surface area contributed by atoms with Crippen LogP contribution in [-0.2, 0) is 0 Å². The highest BCUT2D eigenvalue weighted by Gasteiger charge is 2.24. The molecule has 9 aromatic carbocycles. The summed E-state index contributed by atoms with van der Waals surface area (Å²) in [5, 5.41) is 1.11. The van der Waals surface area contributed by atoms with Gasteiger partial charge in [0.1, 0.15) is 5.82 Å². The third kappa shape index (κ3) is 15.7. The maximum atomic E-state index is 5.38. The highest BCUT2D eigenvalue weighted by atomic mass is 15.2. The molecule has 0 radical (unpaired) electrons. The molecule has 10 aromatic rings. The first-order valence-electron chi connectivity index (χ1n) is 26.1. The zero-order valence-electron chi connectivity index (χ0n) is 46.0. The van der Waals surface area contributed by atoms with Gasteiger partial charge in [-0.1, -0.05) is 250 Å². The Kier molecular flexibility index (Phi) is 20.7. The van der Waals surface area contributed by atoms with Crippen molar-refractivity contribution in [1.82, 2.24) is 4.98 Å². The van der Waals surface area contributed by atoms with E-state index in [-0.39, 0.29) is 0 Å². The lowest BCUT2D eigenvalue weighted by Gasteiger charge is -2.32. The van der Waals surface area contributed by atoms with E-state index in [9.17, 15) is 0 Å². The maximum Gasteiger partial charge on any atom is 0.140 e. The van der Waals surface area contributed by atoms with Gasteiger partial charge in [0.2, 0.25) is 0 Å². The molecule has 3 nitrogen and oxygen atoms in total. The molecule has 0 fully saturated rings. The van der Waals surface area contributed by atoms with Crippen molar-refractivity contribution in [3.8, 4) is 0 Å². The van der Waals surface area contributed by atoms with Gasteiger partial charge in [-0.2, -0.15) is 0 Å². The van der Waals surface area contributed by atoms with Gasteiger partial charge in [0.15, 0.2) is 0 Å². The molecule has 0 aliphatic heterocycles. The second-order valence-corrected chi connectivity index (χ2v) is 19.8. The average Bonchev–Trinajstić information content (AvgIpc) is 3.40. The van der Waals surface area contributed by atoms with E-state index >= 15 is 0 Å². The van der Waals surface area contributed by atoms with Gasteiger partial charge < -0.3 is 4.90 Å². The quantitative estimate of drug-likeness (QED) is 0.151. The Balaban J connectivity index is 0.000000253. The van der Waals surface area contributed by atoms with E-state index in [2.05, 4.69) is 257 Å². The molecule has 0 amide bonds. The van der Waals surface area contributed by atoms with E-state index in [1.165, 1.54) is 61.3 Å². The molecule has 0 saturated heterocycles. The summed E-state index contributed by atoms with van der Waals surface area (Å²) in [6.45, 7) is 26.2. The van der Waals surface area contributed by atoms with Gasteiger partial charge >= 0.3 is 0 Å². The van der Waals surface area contributed by atoms with Crippen molar-refractivity contribution >= 4 is 45.2 Å². The molecule has 0 spiro atoms. The van der Waals surface area contributed by atoms with Gasteiger partial charge in [-0.05, 0) is 131 Å². The summed E-state index contributed by atoms with van der Waals surface area (Å²) in [7, 11) is 0. The van der Waals surface area contributed by atoms with Crippen LogP contribution in [0.25, 0.3) is 10.9 Å². The van der Waals surface area contributed by atoms with Crippen molar-refractivity contribution in [2.45, 2.75) is 94.9 Å². The topological polar surface area (TPSA) is 19.4 Å².